The molecule has 1 saturated heterocycles. The quantitative estimate of drug-likeness (QED) is 0.854. The highest BCUT2D eigenvalue weighted by molar-refractivity contribution is 5.91. The highest BCUT2D eigenvalue weighted by atomic mass is 16.1. The van der Waals surface area contributed by atoms with Gasteiger partial charge in [0.05, 0.1) is 0 Å². The van der Waals surface area contributed by atoms with Crippen molar-refractivity contribution in [2.75, 3.05) is 18.4 Å². The lowest BCUT2D eigenvalue weighted by Crippen LogP contribution is -2.40. The normalized spacial score (nSPS) is 21.3. The number of hydrogen-bond donors (Lipinski definition) is 2. The van der Waals surface area contributed by atoms with Crippen molar-refractivity contribution in [2.24, 2.45) is 5.73 Å². The third kappa shape index (κ3) is 3.04. The SMILES string of the molecule is NC(=O)c1cc(NC2CCN(C3CC3)CC2)ccn1. The molecule has 1 saturated carbocycles. The Labute approximate surface area is 113 Å². The first-order chi connectivity index (χ1) is 9.22. The molecule has 1 aliphatic heterocycles. The van der Waals surface area contributed by atoms with Gasteiger partial charge in [-0.05, 0) is 37.8 Å². The van der Waals surface area contributed by atoms with Crippen LogP contribution >= 0.6 is 0 Å². The number of aromatic nitrogens is 1. The van der Waals surface area contributed by atoms with Crippen LogP contribution in [0.2, 0.25) is 0 Å². The summed E-state index contributed by atoms with van der Waals surface area (Å²) in [7, 11) is 0. The second-order valence-corrected chi connectivity index (χ2v) is 5.48. The van der Waals surface area contributed by atoms with Gasteiger partial charge < -0.3 is 16.0 Å². The summed E-state index contributed by atoms with van der Waals surface area (Å²) in [5.41, 5.74) is 6.50. The van der Waals surface area contributed by atoms with Crippen molar-refractivity contribution in [3.05, 3.63) is 24.0 Å². The molecule has 1 amide bonds. The number of primary amides is 1. The minimum Gasteiger partial charge on any atom is -0.382 e. The number of pyridine rings is 1. The van der Waals surface area contributed by atoms with E-state index in [2.05, 4.69) is 15.2 Å². The molecule has 1 aliphatic carbocycles. The topological polar surface area (TPSA) is 71.2 Å². The molecule has 0 radical (unpaired) electrons. The number of carbonyl (C=O) groups excluding carboxylic acids is 1. The largest absolute Gasteiger partial charge is 0.382 e. The van der Waals surface area contributed by atoms with Crippen molar-refractivity contribution < 1.29 is 4.79 Å². The third-order valence-corrected chi connectivity index (χ3v) is 3.98. The molecule has 3 N–H and O–H groups in total. The van der Waals surface area contributed by atoms with Crippen LogP contribution in [0, 0.1) is 0 Å². The zero-order valence-electron chi connectivity index (χ0n) is 11.0. The molecule has 102 valence electrons. The molecule has 0 aromatic carbocycles. The number of nitrogens with zero attached hydrogens (tertiary/aromatic N) is 2. The molecule has 5 heteroatoms. The average Bonchev–Trinajstić information content (AvgIpc) is 3.24. The van der Waals surface area contributed by atoms with E-state index < -0.39 is 5.91 Å². The van der Waals surface area contributed by atoms with Crippen LogP contribution < -0.4 is 11.1 Å². The van der Waals surface area contributed by atoms with Crippen LogP contribution in [0.4, 0.5) is 5.69 Å². The van der Waals surface area contributed by atoms with Crippen LogP contribution in [0.15, 0.2) is 18.3 Å². The van der Waals surface area contributed by atoms with E-state index >= 15 is 0 Å². The molecule has 3 rings (SSSR count). The fraction of sp³-hybridized carbons (Fsp3) is 0.571. The number of nitrogens with one attached hydrogen (secondary N) is 1. The Kier molecular flexibility index (Phi) is 3.38. The van der Waals surface area contributed by atoms with Crippen molar-refractivity contribution in [2.45, 2.75) is 37.8 Å². The Hall–Kier alpha value is -1.62. The van der Waals surface area contributed by atoms with E-state index in [4.69, 9.17) is 5.73 Å². The Morgan fingerprint density at radius 2 is 2.05 bits per heavy atom. The van der Waals surface area contributed by atoms with Crippen molar-refractivity contribution in [3.8, 4) is 0 Å². The minimum atomic E-state index is -0.479. The monoisotopic (exact) mass is 260 g/mol. The maximum atomic E-state index is 11.1. The lowest BCUT2D eigenvalue weighted by molar-refractivity contribution is 0.0995. The number of carbonyl (C=O) groups is 1. The van der Waals surface area contributed by atoms with Gasteiger partial charge in [0.15, 0.2) is 0 Å². The number of piperidine rings is 1. The van der Waals surface area contributed by atoms with E-state index in [1.54, 1.807) is 12.3 Å². The number of nitrogens with two attached hydrogens (primary N) is 1. The molecule has 0 atom stereocenters. The first kappa shape index (κ1) is 12.4. The van der Waals surface area contributed by atoms with Crippen LogP contribution in [0.1, 0.15) is 36.2 Å². The molecule has 2 aliphatic rings. The second-order valence-electron chi connectivity index (χ2n) is 5.48. The molecule has 0 unspecified atom stereocenters. The van der Waals surface area contributed by atoms with Crippen LogP contribution in [0.5, 0.6) is 0 Å². The maximum absolute atomic E-state index is 11.1. The Balaban J connectivity index is 1.56. The van der Waals surface area contributed by atoms with Crippen molar-refractivity contribution in [3.63, 3.8) is 0 Å². The number of likely N-dealkylation sites (tertiary alicyclic amines) is 1. The first-order valence-electron chi connectivity index (χ1n) is 6.99. The standard InChI is InChI=1S/C14H20N4O/c15-14(19)13-9-11(3-6-16-13)17-10-4-7-18(8-5-10)12-1-2-12/h3,6,9-10,12H,1-2,4-5,7-8H2,(H2,15,19)(H,16,17). The summed E-state index contributed by atoms with van der Waals surface area (Å²) in [5.74, 6) is -0.479. The molecule has 1 aromatic rings. The van der Waals surface area contributed by atoms with Crippen molar-refractivity contribution in [1.29, 1.82) is 0 Å². The predicted molar refractivity (Wildman–Crippen MR) is 74.0 cm³/mol. The van der Waals surface area contributed by atoms with Gasteiger partial charge in [-0.25, -0.2) is 0 Å². The molecule has 0 spiro atoms. The van der Waals surface area contributed by atoms with Crippen molar-refractivity contribution >= 4 is 11.6 Å². The van der Waals surface area contributed by atoms with Gasteiger partial charge >= 0.3 is 0 Å². The zero-order chi connectivity index (χ0) is 13.2. The highest BCUT2D eigenvalue weighted by Gasteiger charge is 2.31. The number of amides is 1. The van der Waals surface area contributed by atoms with Gasteiger partial charge in [-0.15, -0.1) is 0 Å². The number of hydrogen-bond acceptors (Lipinski definition) is 4. The van der Waals surface area contributed by atoms with Gasteiger partial charge in [0.2, 0.25) is 0 Å². The maximum Gasteiger partial charge on any atom is 0.267 e. The molecule has 0 bridgehead atoms. The summed E-state index contributed by atoms with van der Waals surface area (Å²) in [4.78, 5) is 17.6. The third-order valence-electron chi connectivity index (χ3n) is 3.98. The molecular formula is C14H20N4O. The van der Waals surface area contributed by atoms with E-state index in [9.17, 15) is 4.79 Å². The smallest absolute Gasteiger partial charge is 0.267 e. The van der Waals surface area contributed by atoms with E-state index in [0.29, 0.717) is 11.7 Å². The van der Waals surface area contributed by atoms with Gasteiger partial charge in [0.1, 0.15) is 5.69 Å². The highest BCUT2D eigenvalue weighted by Crippen LogP contribution is 2.29. The number of anilines is 1. The zero-order valence-corrected chi connectivity index (χ0v) is 11.0. The van der Waals surface area contributed by atoms with Crippen LogP contribution in [0.3, 0.4) is 0 Å². The van der Waals surface area contributed by atoms with Gasteiger partial charge in [0.25, 0.3) is 5.91 Å². The molecule has 2 heterocycles. The lowest BCUT2D eigenvalue weighted by Gasteiger charge is -2.32. The minimum absolute atomic E-state index is 0.320. The molecular weight excluding hydrogens is 240 g/mol. The predicted octanol–water partition coefficient (Wildman–Crippen LogP) is 1.22. The molecule has 2 fully saturated rings. The fourth-order valence-electron chi connectivity index (χ4n) is 2.74. The van der Waals surface area contributed by atoms with Gasteiger partial charge in [-0.1, -0.05) is 0 Å². The Morgan fingerprint density at radius 1 is 1.32 bits per heavy atom. The van der Waals surface area contributed by atoms with Crippen LogP contribution in [0.25, 0.3) is 0 Å². The van der Waals surface area contributed by atoms with Crippen molar-refractivity contribution in [1.82, 2.24) is 9.88 Å². The molecule has 19 heavy (non-hydrogen) atoms. The molecule has 1 aromatic heterocycles. The van der Waals surface area contributed by atoms with E-state index in [1.807, 2.05) is 6.07 Å². The van der Waals surface area contributed by atoms with E-state index in [0.717, 1.165) is 24.6 Å². The Morgan fingerprint density at radius 3 is 2.68 bits per heavy atom. The fourth-order valence-corrected chi connectivity index (χ4v) is 2.74. The van der Waals surface area contributed by atoms with Gasteiger partial charge in [-0.3, -0.25) is 9.78 Å². The summed E-state index contributed by atoms with van der Waals surface area (Å²) < 4.78 is 0. The lowest BCUT2D eigenvalue weighted by atomic mass is 10.0. The first-order valence-corrected chi connectivity index (χ1v) is 6.99. The summed E-state index contributed by atoms with van der Waals surface area (Å²) >= 11 is 0. The second kappa shape index (κ2) is 5.17. The van der Waals surface area contributed by atoms with E-state index in [-0.39, 0.29) is 0 Å². The van der Waals surface area contributed by atoms with Crippen LogP contribution in [-0.2, 0) is 0 Å². The Bertz CT molecular complexity index is 464. The summed E-state index contributed by atoms with van der Waals surface area (Å²) in [6.45, 7) is 2.35. The van der Waals surface area contributed by atoms with Gasteiger partial charge in [-0.2, -0.15) is 0 Å². The number of rotatable bonds is 4. The van der Waals surface area contributed by atoms with E-state index in [1.165, 1.54) is 25.9 Å². The summed E-state index contributed by atoms with van der Waals surface area (Å²) in [6, 6.07) is 4.97. The summed E-state index contributed by atoms with van der Waals surface area (Å²) in [6.07, 6.45) is 6.70. The average molecular weight is 260 g/mol. The summed E-state index contributed by atoms with van der Waals surface area (Å²) in [5, 5.41) is 3.48. The molecule has 5 nitrogen and oxygen atoms in total. The van der Waals surface area contributed by atoms with Gasteiger partial charge in [0, 0.05) is 37.1 Å². The van der Waals surface area contributed by atoms with Crippen LogP contribution in [-0.4, -0.2) is 41.0 Å².